The van der Waals surface area contributed by atoms with E-state index in [-0.39, 0.29) is 23.0 Å². The van der Waals surface area contributed by atoms with Gasteiger partial charge < -0.3 is 5.32 Å². The second-order valence-corrected chi connectivity index (χ2v) is 5.94. The van der Waals surface area contributed by atoms with Crippen molar-refractivity contribution in [1.82, 2.24) is 16.2 Å². The molecule has 9 heteroatoms. The molecule has 0 aliphatic rings. The van der Waals surface area contributed by atoms with Gasteiger partial charge in [-0.3, -0.25) is 25.2 Å². The quantitative estimate of drug-likeness (QED) is 0.720. The zero-order chi connectivity index (χ0) is 16.8. The molecule has 2 rings (SSSR count). The summed E-state index contributed by atoms with van der Waals surface area (Å²) in [5.41, 5.74) is 4.97. The van der Waals surface area contributed by atoms with Gasteiger partial charge in [-0.15, -0.1) is 0 Å². The van der Waals surface area contributed by atoms with Gasteiger partial charge in [-0.05, 0) is 29.6 Å². The molecule has 120 valence electrons. The predicted molar refractivity (Wildman–Crippen MR) is 88.7 cm³/mol. The van der Waals surface area contributed by atoms with Gasteiger partial charge in [0.2, 0.25) is 0 Å². The van der Waals surface area contributed by atoms with Crippen molar-refractivity contribution in [2.24, 2.45) is 0 Å². The van der Waals surface area contributed by atoms with Gasteiger partial charge in [0.25, 0.3) is 17.7 Å². The Morgan fingerprint density at radius 3 is 2.52 bits per heavy atom. The number of hydrazine groups is 1. The Morgan fingerprint density at radius 1 is 1.04 bits per heavy atom. The van der Waals surface area contributed by atoms with Crippen molar-refractivity contribution in [3.8, 4) is 0 Å². The molecular weight excluding hydrogens is 361 g/mol. The SMILES string of the molecule is O=C(CNC(=O)c1ccsc1)NNC(=O)c1cc(Cl)ccc1Cl. The molecule has 3 N–H and O–H groups in total. The highest BCUT2D eigenvalue weighted by atomic mass is 35.5. The molecule has 6 nitrogen and oxygen atoms in total. The van der Waals surface area contributed by atoms with E-state index >= 15 is 0 Å². The summed E-state index contributed by atoms with van der Waals surface area (Å²) < 4.78 is 0. The first kappa shape index (κ1) is 17.3. The summed E-state index contributed by atoms with van der Waals surface area (Å²) in [4.78, 5) is 35.1. The summed E-state index contributed by atoms with van der Waals surface area (Å²) in [6.07, 6.45) is 0. The van der Waals surface area contributed by atoms with E-state index in [0.29, 0.717) is 10.6 Å². The van der Waals surface area contributed by atoms with Crippen LogP contribution < -0.4 is 16.2 Å². The number of halogens is 2. The molecule has 0 spiro atoms. The fourth-order valence-corrected chi connectivity index (χ4v) is 2.58. The third-order valence-electron chi connectivity index (χ3n) is 2.68. The van der Waals surface area contributed by atoms with E-state index in [1.165, 1.54) is 23.5 Å². The highest BCUT2D eigenvalue weighted by Gasteiger charge is 2.13. The van der Waals surface area contributed by atoms with E-state index in [4.69, 9.17) is 23.2 Å². The Kier molecular flexibility index (Phi) is 5.97. The molecular formula is C14H11Cl2N3O3S. The Bertz CT molecular complexity index is 735. The van der Waals surface area contributed by atoms with Crippen molar-refractivity contribution in [2.75, 3.05) is 6.54 Å². The molecule has 1 aromatic heterocycles. The van der Waals surface area contributed by atoms with Crippen molar-refractivity contribution >= 4 is 52.3 Å². The fraction of sp³-hybridized carbons (Fsp3) is 0.0714. The van der Waals surface area contributed by atoms with E-state index in [1.807, 2.05) is 0 Å². The maximum atomic E-state index is 11.9. The molecule has 0 radical (unpaired) electrons. The second kappa shape index (κ2) is 7.96. The van der Waals surface area contributed by atoms with Crippen LogP contribution in [0.15, 0.2) is 35.0 Å². The first-order valence-corrected chi connectivity index (χ1v) is 8.02. The lowest BCUT2D eigenvalue weighted by atomic mass is 10.2. The molecule has 0 aliphatic carbocycles. The van der Waals surface area contributed by atoms with Crippen LogP contribution in [0.2, 0.25) is 10.0 Å². The highest BCUT2D eigenvalue weighted by Crippen LogP contribution is 2.20. The van der Waals surface area contributed by atoms with E-state index in [2.05, 4.69) is 16.2 Å². The highest BCUT2D eigenvalue weighted by molar-refractivity contribution is 7.08. The van der Waals surface area contributed by atoms with Crippen molar-refractivity contribution in [2.45, 2.75) is 0 Å². The van der Waals surface area contributed by atoms with E-state index < -0.39 is 11.8 Å². The molecule has 0 saturated carbocycles. The number of rotatable bonds is 4. The lowest BCUT2D eigenvalue weighted by molar-refractivity contribution is -0.120. The lowest BCUT2D eigenvalue weighted by Gasteiger charge is -2.09. The van der Waals surface area contributed by atoms with Crippen LogP contribution in [-0.4, -0.2) is 24.3 Å². The van der Waals surface area contributed by atoms with Gasteiger partial charge in [-0.1, -0.05) is 23.2 Å². The lowest BCUT2D eigenvalue weighted by Crippen LogP contribution is -2.46. The Hall–Kier alpha value is -2.09. The normalized spacial score (nSPS) is 10.0. The number of hydrogen-bond acceptors (Lipinski definition) is 4. The van der Waals surface area contributed by atoms with Gasteiger partial charge in [0.05, 0.1) is 17.1 Å². The van der Waals surface area contributed by atoms with Gasteiger partial charge in [-0.25, -0.2) is 0 Å². The standard InChI is InChI=1S/C14H11Cl2N3O3S/c15-9-1-2-11(16)10(5-9)14(22)19-18-12(20)6-17-13(21)8-3-4-23-7-8/h1-5,7H,6H2,(H,17,21)(H,18,20)(H,19,22). The Balaban J connectivity index is 1.81. The Labute approximate surface area is 145 Å². The van der Waals surface area contributed by atoms with E-state index in [0.717, 1.165) is 0 Å². The van der Waals surface area contributed by atoms with Crippen LogP contribution in [0.4, 0.5) is 0 Å². The van der Waals surface area contributed by atoms with Crippen molar-refractivity contribution in [3.05, 3.63) is 56.2 Å². The summed E-state index contributed by atoms with van der Waals surface area (Å²) in [6, 6.07) is 6.03. The molecule has 1 aromatic carbocycles. The average molecular weight is 372 g/mol. The minimum atomic E-state index is -0.616. The number of carbonyl (C=O) groups is 3. The van der Waals surface area contributed by atoms with Crippen LogP contribution in [-0.2, 0) is 4.79 Å². The van der Waals surface area contributed by atoms with Crippen LogP contribution in [0.3, 0.4) is 0 Å². The van der Waals surface area contributed by atoms with Crippen LogP contribution in [0.5, 0.6) is 0 Å². The minimum absolute atomic E-state index is 0.127. The summed E-state index contributed by atoms with van der Waals surface area (Å²) in [6.45, 7) is -0.280. The van der Waals surface area contributed by atoms with Gasteiger partial charge in [0.1, 0.15) is 0 Å². The van der Waals surface area contributed by atoms with Crippen LogP contribution >= 0.6 is 34.5 Å². The molecule has 0 unspecified atom stereocenters. The van der Waals surface area contributed by atoms with Gasteiger partial charge in [0, 0.05) is 16.0 Å². The number of hydrogen-bond donors (Lipinski definition) is 3. The maximum Gasteiger partial charge on any atom is 0.271 e. The molecule has 0 aliphatic heterocycles. The van der Waals surface area contributed by atoms with Crippen molar-refractivity contribution in [1.29, 1.82) is 0 Å². The summed E-state index contributed by atoms with van der Waals surface area (Å²) in [5, 5.41) is 6.39. The number of thiophene rings is 1. The third kappa shape index (κ3) is 4.95. The third-order valence-corrected chi connectivity index (χ3v) is 3.93. The molecule has 23 heavy (non-hydrogen) atoms. The summed E-state index contributed by atoms with van der Waals surface area (Å²) in [5.74, 6) is -1.57. The largest absolute Gasteiger partial charge is 0.343 e. The zero-order valence-corrected chi connectivity index (χ0v) is 13.9. The second-order valence-electron chi connectivity index (χ2n) is 4.32. The zero-order valence-electron chi connectivity index (χ0n) is 11.6. The number of nitrogens with one attached hydrogen (secondary N) is 3. The topological polar surface area (TPSA) is 87.3 Å². The monoisotopic (exact) mass is 371 g/mol. The first-order valence-electron chi connectivity index (χ1n) is 6.32. The first-order chi connectivity index (χ1) is 11.0. The average Bonchev–Trinajstić information content (AvgIpc) is 3.07. The molecule has 0 atom stereocenters. The van der Waals surface area contributed by atoms with Crippen LogP contribution in [0.1, 0.15) is 20.7 Å². The molecule has 0 saturated heterocycles. The van der Waals surface area contributed by atoms with Gasteiger partial charge in [-0.2, -0.15) is 11.3 Å². The maximum absolute atomic E-state index is 11.9. The van der Waals surface area contributed by atoms with Crippen LogP contribution in [0.25, 0.3) is 0 Å². The summed E-state index contributed by atoms with van der Waals surface area (Å²) in [7, 11) is 0. The molecule has 2 aromatic rings. The number of carbonyl (C=O) groups excluding carboxylic acids is 3. The molecule has 3 amide bonds. The van der Waals surface area contributed by atoms with Crippen LogP contribution in [0, 0.1) is 0 Å². The van der Waals surface area contributed by atoms with Gasteiger partial charge in [0.15, 0.2) is 0 Å². The molecule has 1 heterocycles. The molecule has 0 bridgehead atoms. The Morgan fingerprint density at radius 2 is 1.83 bits per heavy atom. The molecule has 0 fully saturated rings. The van der Waals surface area contributed by atoms with E-state index in [1.54, 1.807) is 22.9 Å². The number of benzene rings is 1. The van der Waals surface area contributed by atoms with Gasteiger partial charge >= 0.3 is 0 Å². The minimum Gasteiger partial charge on any atom is -0.343 e. The predicted octanol–water partition coefficient (Wildman–Crippen LogP) is 2.25. The van der Waals surface area contributed by atoms with E-state index in [9.17, 15) is 14.4 Å². The summed E-state index contributed by atoms with van der Waals surface area (Å²) >= 11 is 13.0. The van der Waals surface area contributed by atoms with Crippen molar-refractivity contribution in [3.63, 3.8) is 0 Å². The number of amides is 3. The fourth-order valence-electron chi connectivity index (χ4n) is 1.57. The van der Waals surface area contributed by atoms with Crippen molar-refractivity contribution < 1.29 is 14.4 Å². The smallest absolute Gasteiger partial charge is 0.271 e.